The highest BCUT2D eigenvalue weighted by Crippen LogP contribution is 2.42. The lowest BCUT2D eigenvalue weighted by atomic mass is 9.94. The molecule has 0 saturated heterocycles. The summed E-state index contributed by atoms with van der Waals surface area (Å²) < 4.78 is 19.4. The Morgan fingerprint density at radius 1 is 0.833 bits per heavy atom. The normalized spacial score (nSPS) is 13.1. The van der Waals surface area contributed by atoms with Crippen molar-refractivity contribution < 1.29 is 9.13 Å². The van der Waals surface area contributed by atoms with Crippen molar-refractivity contribution in [1.82, 2.24) is 4.90 Å². The highest BCUT2D eigenvalue weighted by molar-refractivity contribution is 6.03. The molecule has 3 aromatic carbocycles. The van der Waals surface area contributed by atoms with Gasteiger partial charge in [-0.15, -0.1) is 0 Å². The number of nitrogens with zero attached hydrogens (tertiary/aromatic N) is 1. The van der Waals surface area contributed by atoms with Crippen LogP contribution in [-0.2, 0) is 6.42 Å². The summed E-state index contributed by atoms with van der Waals surface area (Å²) in [6, 6.07) is 23.7. The average molecular weight is 402 g/mol. The van der Waals surface area contributed by atoms with Crippen LogP contribution in [0.1, 0.15) is 36.1 Å². The molecule has 0 heterocycles. The number of fused-ring (bicyclic) bond motifs is 1. The molecule has 0 spiro atoms. The quantitative estimate of drug-likeness (QED) is 0.455. The second-order valence-corrected chi connectivity index (χ2v) is 7.59. The SMILES string of the molecule is CCN(CC)CCOc1ccc(C2=C(c3ccc(F)cc3)Cc3ccccc32)cc1. The lowest BCUT2D eigenvalue weighted by Gasteiger charge is -2.18. The third-order valence-corrected chi connectivity index (χ3v) is 5.86. The minimum absolute atomic E-state index is 0.206. The second-order valence-electron chi connectivity index (χ2n) is 7.59. The van der Waals surface area contributed by atoms with Crippen LogP contribution >= 0.6 is 0 Å². The van der Waals surface area contributed by atoms with Crippen molar-refractivity contribution in [1.29, 1.82) is 0 Å². The summed E-state index contributed by atoms with van der Waals surface area (Å²) in [6.07, 6.45) is 0.860. The van der Waals surface area contributed by atoms with Gasteiger partial charge in [0.15, 0.2) is 0 Å². The predicted octanol–water partition coefficient (Wildman–Crippen LogP) is 6.06. The van der Waals surface area contributed by atoms with Crippen molar-refractivity contribution in [3.8, 4) is 5.75 Å². The summed E-state index contributed by atoms with van der Waals surface area (Å²) in [6.45, 7) is 8.04. The summed E-state index contributed by atoms with van der Waals surface area (Å²) >= 11 is 0. The maximum atomic E-state index is 13.5. The fourth-order valence-corrected chi connectivity index (χ4v) is 4.14. The van der Waals surface area contributed by atoms with Crippen LogP contribution in [0.3, 0.4) is 0 Å². The molecule has 0 aliphatic heterocycles. The summed E-state index contributed by atoms with van der Waals surface area (Å²) in [5, 5.41) is 0. The third-order valence-electron chi connectivity index (χ3n) is 5.86. The molecule has 3 heteroatoms. The van der Waals surface area contributed by atoms with Crippen LogP contribution < -0.4 is 4.74 Å². The molecule has 0 bridgehead atoms. The van der Waals surface area contributed by atoms with Gasteiger partial charge in [0.1, 0.15) is 18.2 Å². The first kappa shape index (κ1) is 20.4. The first-order chi connectivity index (χ1) is 14.7. The van der Waals surface area contributed by atoms with Crippen molar-refractivity contribution in [3.63, 3.8) is 0 Å². The van der Waals surface area contributed by atoms with Crippen molar-refractivity contribution in [2.45, 2.75) is 20.3 Å². The number of hydrogen-bond donors (Lipinski definition) is 0. The van der Waals surface area contributed by atoms with Gasteiger partial charge in [0.25, 0.3) is 0 Å². The molecule has 0 unspecified atom stereocenters. The maximum Gasteiger partial charge on any atom is 0.123 e. The Morgan fingerprint density at radius 2 is 1.50 bits per heavy atom. The van der Waals surface area contributed by atoms with E-state index in [9.17, 15) is 4.39 Å². The van der Waals surface area contributed by atoms with Crippen LogP contribution in [0.4, 0.5) is 4.39 Å². The first-order valence-electron chi connectivity index (χ1n) is 10.7. The lowest BCUT2D eigenvalue weighted by Crippen LogP contribution is -2.27. The van der Waals surface area contributed by atoms with E-state index >= 15 is 0 Å². The molecule has 154 valence electrons. The molecule has 1 aliphatic rings. The molecule has 2 nitrogen and oxygen atoms in total. The first-order valence-corrected chi connectivity index (χ1v) is 10.7. The zero-order chi connectivity index (χ0) is 20.9. The Labute approximate surface area is 178 Å². The molecule has 0 aromatic heterocycles. The number of likely N-dealkylation sites (N-methyl/N-ethyl adjacent to an activating group) is 1. The summed E-state index contributed by atoms with van der Waals surface area (Å²) in [5.41, 5.74) is 7.27. The van der Waals surface area contributed by atoms with Gasteiger partial charge in [0.2, 0.25) is 0 Å². The number of hydrogen-bond acceptors (Lipinski definition) is 2. The van der Waals surface area contributed by atoms with Crippen LogP contribution in [0, 0.1) is 5.82 Å². The largest absolute Gasteiger partial charge is 0.492 e. The molecule has 0 amide bonds. The van der Waals surface area contributed by atoms with Gasteiger partial charge < -0.3 is 9.64 Å². The zero-order valence-corrected chi connectivity index (χ0v) is 17.7. The van der Waals surface area contributed by atoms with E-state index in [1.807, 2.05) is 24.3 Å². The van der Waals surface area contributed by atoms with Gasteiger partial charge >= 0.3 is 0 Å². The fourth-order valence-electron chi connectivity index (χ4n) is 4.14. The van der Waals surface area contributed by atoms with Gasteiger partial charge in [-0.25, -0.2) is 4.39 Å². The topological polar surface area (TPSA) is 12.5 Å². The van der Waals surface area contributed by atoms with Crippen LogP contribution in [0.15, 0.2) is 72.8 Å². The van der Waals surface area contributed by atoms with Crippen molar-refractivity contribution >= 4 is 11.1 Å². The van der Waals surface area contributed by atoms with E-state index in [1.165, 1.54) is 34.4 Å². The Kier molecular flexibility index (Phi) is 6.29. The minimum atomic E-state index is -0.206. The standard InChI is InChI=1S/C27H28FNO/c1-3-29(4-2)17-18-30-24-15-11-21(12-16-24)27-25-8-6-5-7-22(25)19-26(27)20-9-13-23(28)14-10-20/h5-16H,3-4,17-19H2,1-2H3. The lowest BCUT2D eigenvalue weighted by molar-refractivity contribution is 0.223. The molecule has 0 N–H and O–H groups in total. The predicted molar refractivity (Wildman–Crippen MR) is 122 cm³/mol. The molecule has 1 aliphatic carbocycles. The minimum Gasteiger partial charge on any atom is -0.492 e. The number of rotatable bonds is 8. The van der Waals surface area contributed by atoms with Crippen LogP contribution in [0.25, 0.3) is 11.1 Å². The third kappa shape index (κ3) is 4.31. The van der Waals surface area contributed by atoms with Gasteiger partial charge in [-0.3, -0.25) is 0 Å². The van der Waals surface area contributed by atoms with Crippen molar-refractivity contribution in [2.75, 3.05) is 26.2 Å². The summed E-state index contributed by atoms with van der Waals surface area (Å²) in [7, 11) is 0. The molecular formula is C27H28FNO. The molecule has 0 radical (unpaired) electrons. The summed E-state index contributed by atoms with van der Waals surface area (Å²) in [5.74, 6) is 0.684. The van der Waals surface area contributed by atoms with Gasteiger partial charge in [-0.2, -0.15) is 0 Å². The van der Waals surface area contributed by atoms with Crippen LogP contribution in [-0.4, -0.2) is 31.1 Å². The number of halogens is 1. The van der Waals surface area contributed by atoms with E-state index in [-0.39, 0.29) is 5.82 Å². The van der Waals surface area contributed by atoms with E-state index < -0.39 is 0 Å². The van der Waals surface area contributed by atoms with E-state index in [1.54, 1.807) is 0 Å². The van der Waals surface area contributed by atoms with Crippen molar-refractivity contribution in [2.24, 2.45) is 0 Å². The van der Waals surface area contributed by atoms with Crippen LogP contribution in [0.5, 0.6) is 5.75 Å². The fraction of sp³-hybridized carbons (Fsp3) is 0.259. The second kappa shape index (κ2) is 9.27. The van der Waals surface area contributed by atoms with Crippen molar-refractivity contribution in [3.05, 3.63) is 101 Å². The number of benzene rings is 3. The van der Waals surface area contributed by atoms with Gasteiger partial charge in [0, 0.05) is 6.54 Å². The smallest absolute Gasteiger partial charge is 0.123 e. The molecule has 0 saturated carbocycles. The van der Waals surface area contributed by atoms with E-state index in [2.05, 4.69) is 55.1 Å². The monoisotopic (exact) mass is 401 g/mol. The van der Waals surface area contributed by atoms with Gasteiger partial charge in [0.05, 0.1) is 0 Å². The highest BCUT2D eigenvalue weighted by Gasteiger charge is 2.23. The Balaban J connectivity index is 1.61. The van der Waals surface area contributed by atoms with E-state index in [0.717, 1.165) is 42.9 Å². The summed E-state index contributed by atoms with van der Waals surface area (Å²) in [4.78, 5) is 2.35. The van der Waals surface area contributed by atoms with E-state index in [4.69, 9.17) is 4.74 Å². The molecular weight excluding hydrogens is 373 g/mol. The molecule has 30 heavy (non-hydrogen) atoms. The highest BCUT2D eigenvalue weighted by atomic mass is 19.1. The van der Waals surface area contributed by atoms with Gasteiger partial charge in [-0.1, -0.05) is 62.4 Å². The van der Waals surface area contributed by atoms with Gasteiger partial charge in [-0.05, 0) is 77.2 Å². The maximum absolute atomic E-state index is 13.5. The molecule has 0 atom stereocenters. The number of ether oxygens (including phenoxy) is 1. The van der Waals surface area contributed by atoms with Crippen LogP contribution in [0.2, 0.25) is 0 Å². The number of allylic oxidation sites excluding steroid dienone is 1. The Morgan fingerprint density at radius 3 is 2.20 bits per heavy atom. The van der Waals surface area contributed by atoms with E-state index in [0.29, 0.717) is 6.61 Å². The average Bonchev–Trinajstić information content (AvgIpc) is 3.17. The Hall–Kier alpha value is -2.91. The molecule has 0 fully saturated rings. The Bertz CT molecular complexity index is 1020. The molecule has 3 aromatic rings. The molecule has 4 rings (SSSR count). The zero-order valence-electron chi connectivity index (χ0n) is 17.7.